The standard InChI is InChI=1S/C14H15N3O3S/c1-8-15-14(21-17-8)13(19)16-12-9(6-18)7-20-11-5-3-2-4-10(11)12/h2-5,9,12,18H,6-7H2,1H3,(H,16,19)/t9-,12-/m1/s1. The van der Waals surface area contributed by atoms with Gasteiger partial charge in [0.1, 0.15) is 11.6 Å². The van der Waals surface area contributed by atoms with Crippen LogP contribution >= 0.6 is 11.5 Å². The monoisotopic (exact) mass is 305 g/mol. The first-order valence-corrected chi connectivity index (χ1v) is 7.40. The Morgan fingerprint density at radius 1 is 1.52 bits per heavy atom. The number of carbonyl (C=O) groups is 1. The van der Waals surface area contributed by atoms with Crippen LogP contribution in [0.2, 0.25) is 0 Å². The van der Waals surface area contributed by atoms with Gasteiger partial charge in [0.25, 0.3) is 5.91 Å². The van der Waals surface area contributed by atoms with E-state index >= 15 is 0 Å². The lowest BCUT2D eigenvalue weighted by atomic mass is 9.91. The molecule has 2 aromatic rings. The highest BCUT2D eigenvalue weighted by Gasteiger charge is 2.32. The Kier molecular flexibility index (Phi) is 3.85. The molecular weight excluding hydrogens is 290 g/mol. The number of hydrogen-bond acceptors (Lipinski definition) is 6. The van der Waals surface area contributed by atoms with E-state index in [-0.39, 0.29) is 24.5 Å². The number of benzene rings is 1. The van der Waals surface area contributed by atoms with E-state index < -0.39 is 0 Å². The van der Waals surface area contributed by atoms with Gasteiger partial charge in [0.05, 0.1) is 19.3 Å². The van der Waals surface area contributed by atoms with Crippen molar-refractivity contribution >= 4 is 17.4 Å². The minimum atomic E-state index is -0.295. The Labute approximate surface area is 126 Å². The number of fused-ring (bicyclic) bond motifs is 1. The molecule has 21 heavy (non-hydrogen) atoms. The van der Waals surface area contributed by atoms with Gasteiger partial charge in [0.15, 0.2) is 0 Å². The van der Waals surface area contributed by atoms with Crippen molar-refractivity contribution in [1.29, 1.82) is 0 Å². The number of carbonyl (C=O) groups excluding carboxylic acids is 1. The van der Waals surface area contributed by atoms with Crippen molar-refractivity contribution in [3.63, 3.8) is 0 Å². The van der Waals surface area contributed by atoms with Gasteiger partial charge in [-0.3, -0.25) is 4.79 Å². The fourth-order valence-corrected chi connectivity index (χ4v) is 2.94. The van der Waals surface area contributed by atoms with Gasteiger partial charge >= 0.3 is 0 Å². The summed E-state index contributed by atoms with van der Waals surface area (Å²) in [4.78, 5) is 16.4. The van der Waals surface area contributed by atoms with Crippen LogP contribution in [0.3, 0.4) is 0 Å². The van der Waals surface area contributed by atoms with Crippen LogP contribution in [0.25, 0.3) is 0 Å². The van der Waals surface area contributed by atoms with Crippen molar-refractivity contribution in [2.75, 3.05) is 13.2 Å². The molecule has 1 aliphatic heterocycles. The maximum atomic E-state index is 12.3. The maximum Gasteiger partial charge on any atom is 0.282 e. The second-order valence-corrected chi connectivity index (χ2v) is 5.64. The van der Waals surface area contributed by atoms with E-state index in [2.05, 4.69) is 14.7 Å². The van der Waals surface area contributed by atoms with Crippen molar-refractivity contribution in [2.45, 2.75) is 13.0 Å². The number of ether oxygens (including phenoxy) is 1. The quantitative estimate of drug-likeness (QED) is 0.893. The van der Waals surface area contributed by atoms with Crippen molar-refractivity contribution in [3.8, 4) is 5.75 Å². The molecule has 2 atom stereocenters. The Morgan fingerprint density at radius 3 is 3.05 bits per heavy atom. The first-order valence-electron chi connectivity index (χ1n) is 6.63. The number of hydrogen-bond donors (Lipinski definition) is 2. The number of rotatable bonds is 3. The van der Waals surface area contributed by atoms with Gasteiger partial charge in [-0.15, -0.1) is 0 Å². The molecule has 0 aliphatic carbocycles. The number of aliphatic hydroxyl groups is 1. The predicted molar refractivity (Wildman–Crippen MR) is 77.4 cm³/mol. The highest BCUT2D eigenvalue weighted by Crippen LogP contribution is 2.35. The molecule has 0 unspecified atom stereocenters. The van der Waals surface area contributed by atoms with Crippen LogP contribution < -0.4 is 10.1 Å². The third kappa shape index (κ3) is 2.74. The van der Waals surface area contributed by atoms with E-state index in [0.717, 1.165) is 22.8 Å². The number of para-hydroxylation sites is 1. The fraction of sp³-hybridized carbons (Fsp3) is 0.357. The van der Waals surface area contributed by atoms with E-state index in [0.29, 0.717) is 17.4 Å². The summed E-state index contributed by atoms with van der Waals surface area (Å²) in [7, 11) is 0. The van der Waals surface area contributed by atoms with Gasteiger partial charge in [0.2, 0.25) is 5.01 Å². The lowest BCUT2D eigenvalue weighted by molar-refractivity contribution is 0.0817. The number of aliphatic hydroxyl groups excluding tert-OH is 1. The number of nitrogens with one attached hydrogen (secondary N) is 1. The van der Waals surface area contributed by atoms with Crippen LogP contribution in [-0.4, -0.2) is 33.6 Å². The summed E-state index contributed by atoms with van der Waals surface area (Å²) in [6, 6.07) is 7.23. The Balaban J connectivity index is 1.86. The van der Waals surface area contributed by atoms with Gasteiger partial charge < -0.3 is 15.2 Å². The third-order valence-corrected chi connectivity index (χ3v) is 4.23. The molecule has 6 nitrogen and oxygen atoms in total. The first-order chi connectivity index (χ1) is 10.2. The molecule has 2 heterocycles. The second-order valence-electron chi connectivity index (χ2n) is 4.89. The number of aromatic nitrogens is 2. The zero-order valence-corrected chi connectivity index (χ0v) is 12.3. The predicted octanol–water partition coefficient (Wildman–Crippen LogP) is 1.32. The van der Waals surface area contributed by atoms with Crippen LogP contribution in [0.1, 0.15) is 27.2 Å². The molecular formula is C14H15N3O3S. The molecule has 7 heteroatoms. The summed E-state index contributed by atoms with van der Waals surface area (Å²) in [6.45, 7) is 2.05. The van der Waals surface area contributed by atoms with E-state index in [1.54, 1.807) is 6.92 Å². The largest absolute Gasteiger partial charge is 0.493 e. The molecule has 0 spiro atoms. The number of amides is 1. The SMILES string of the molecule is Cc1nsc(C(=O)N[C@H]2c3ccccc3OC[C@H]2CO)n1. The average Bonchev–Trinajstić information content (AvgIpc) is 2.94. The summed E-state index contributed by atoms with van der Waals surface area (Å²) in [5, 5.41) is 12.8. The molecule has 3 rings (SSSR count). The van der Waals surface area contributed by atoms with Crippen molar-refractivity contribution in [2.24, 2.45) is 5.92 Å². The van der Waals surface area contributed by atoms with Gasteiger partial charge in [-0.2, -0.15) is 4.37 Å². The molecule has 110 valence electrons. The number of aryl methyl sites for hydroxylation is 1. The zero-order valence-electron chi connectivity index (χ0n) is 11.4. The van der Waals surface area contributed by atoms with Crippen molar-refractivity contribution < 1.29 is 14.6 Å². The van der Waals surface area contributed by atoms with Crippen LogP contribution in [0, 0.1) is 12.8 Å². The van der Waals surface area contributed by atoms with Crippen LogP contribution in [0.15, 0.2) is 24.3 Å². The minimum Gasteiger partial charge on any atom is -0.493 e. The molecule has 1 aromatic carbocycles. The van der Waals surface area contributed by atoms with Gasteiger partial charge in [-0.25, -0.2) is 4.98 Å². The zero-order chi connectivity index (χ0) is 14.8. The minimum absolute atomic E-state index is 0.0611. The second kappa shape index (κ2) is 5.79. The summed E-state index contributed by atoms with van der Waals surface area (Å²) in [6.07, 6.45) is 0. The summed E-state index contributed by atoms with van der Waals surface area (Å²) < 4.78 is 9.62. The van der Waals surface area contributed by atoms with E-state index in [1.165, 1.54) is 0 Å². The van der Waals surface area contributed by atoms with E-state index in [9.17, 15) is 9.90 Å². The van der Waals surface area contributed by atoms with Crippen LogP contribution in [-0.2, 0) is 0 Å². The first kappa shape index (κ1) is 14.0. The molecule has 0 fully saturated rings. The molecule has 2 N–H and O–H groups in total. The van der Waals surface area contributed by atoms with E-state index in [1.807, 2.05) is 24.3 Å². The van der Waals surface area contributed by atoms with Crippen molar-refractivity contribution in [3.05, 3.63) is 40.7 Å². The normalized spacial score (nSPS) is 20.5. The molecule has 1 amide bonds. The molecule has 1 aliphatic rings. The highest BCUT2D eigenvalue weighted by molar-refractivity contribution is 7.07. The van der Waals surface area contributed by atoms with Gasteiger partial charge in [-0.05, 0) is 24.5 Å². The molecule has 0 bridgehead atoms. The maximum absolute atomic E-state index is 12.3. The molecule has 0 radical (unpaired) electrons. The molecule has 1 aromatic heterocycles. The third-order valence-electron chi connectivity index (χ3n) is 3.42. The molecule has 0 saturated heterocycles. The lowest BCUT2D eigenvalue weighted by Gasteiger charge is -2.32. The summed E-state index contributed by atoms with van der Waals surface area (Å²) in [5.41, 5.74) is 0.873. The van der Waals surface area contributed by atoms with Gasteiger partial charge in [0, 0.05) is 11.5 Å². The van der Waals surface area contributed by atoms with Crippen LogP contribution in [0.4, 0.5) is 0 Å². The fourth-order valence-electron chi connectivity index (χ4n) is 2.36. The smallest absolute Gasteiger partial charge is 0.282 e. The van der Waals surface area contributed by atoms with Crippen molar-refractivity contribution in [1.82, 2.24) is 14.7 Å². The Bertz CT molecular complexity index is 658. The highest BCUT2D eigenvalue weighted by atomic mass is 32.1. The Hall–Kier alpha value is -1.99. The summed E-state index contributed by atoms with van der Waals surface area (Å²) in [5.74, 6) is 0.857. The lowest BCUT2D eigenvalue weighted by Crippen LogP contribution is -2.40. The van der Waals surface area contributed by atoms with Crippen LogP contribution in [0.5, 0.6) is 5.75 Å². The average molecular weight is 305 g/mol. The molecule has 0 saturated carbocycles. The summed E-state index contributed by atoms with van der Waals surface area (Å²) >= 11 is 1.07. The number of nitrogens with zero attached hydrogens (tertiary/aromatic N) is 2. The van der Waals surface area contributed by atoms with E-state index in [4.69, 9.17) is 4.74 Å². The Morgan fingerprint density at radius 2 is 2.33 bits per heavy atom. The topological polar surface area (TPSA) is 84.3 Å². The van der Waals surface area contributed by atoms with Gasteiger partial charge in [-0.1, -0.05) is 18.2 Å².